The molecule has 0 bridgehead atoms. The second-order valence-electron chi connectivity index (χ2n) is 6.45. The standard InChI is InChI=1S/C14H29N3O3/c1-14(2,3)17(13(19)15(4)5)7-6-16-8-9-20-11-12(16)10-18/h12,18H,6-11H2,1-5H3. The number of nitrogens with zero attached hydrogens (tertiary/aromatic N) is 3. The van der Waals surface area contributed by atoms with Gasteiger partial charge in [0.25, 0.3) is 0 Å². The van der Waals surface area contributed by atoms with Crippen LogP contribution in [0.4, 0.5) is 4.79 Å². The van der Waals surface area contributed by atoms with Crippen molar-refractivity contribution in [3.05, 3.63) is 0 Å². The molecule has 2 amide bonds. The molecule has 1 saturated heterocycles. The molecule has 1 heterocycles. The fourth-order valence-electron chi connectivity index (χ4n) is 2.34. The molecule has 6 heteroatoms. The van der Waals surface area contributed by atoms with Crippen LogP contribution in [0.2, 0.25) is 0 Å². The minimum atomic E-state index is -0.220. The van der Waals surface area contributed by atoms with Crippen molar-refractivity contribution in [3.63, 3.8) is 0 Å². The molecule has 118 valence electrons. The normalized spacial score (nSPS) is 20.8. The van der Waals surface area contributed by atoms with E-state index in [4.69, 9.17) is 4.74 Å². The predicted molar refractivity (Wildman–Crippen MR) is 78.8 cm³/mol. The molecule has 1 N–H and O–H groups in total. The number of amides is 2. The van der Waals surface area contributed by atoms with Gasteiger partial charge in [-0.2, -0.15) is 0 Å². The van der Waals surface area contributed by atoms with E-state index in [1.165, 1.54) is 0 Å². The van der Waals surface area contributed by atoms with Crippen LogP contribution in [0.1, 0.15) is 20.8 Å². The zero-order valence-electron chi connectivity index (χ0n) is 13.4. The Balaban J connectivity index is 2.64. The number of hydrogen-bond donors (Lipinski definition) is 1. The average molecular weight is 287 g/mol. The van der Waals surface area contributed by atoms with Gasteiger partial charge in [0, 0.05) is 39.3 Å². The Morgan fingerprint density at radius 2 is 2.05 bits per heavy atom. The van der Waals surface area contributed by atoms with E-state index in [1.54, 1.807) is 19.0 Å². The van der Waals surface area contributed by atoms with Crippen LogP contribution in [0.25, 0.3) is 0 Å². The molecule has 1 rings (SSSR count). The first-order valence-electron chi connectivity index (χ1n) is 7.19. The number of rotatable bonds is 4. The van der Waals surface area contributed by atoms with Gasteiger partial charge in [-0.15, -0.1) is 0 Å². The van der Waals surface area contributed by atoms with E-state index in [9.17, 15) is 9.90 Å². The number of aliphatic hydroxyl groups excluding tert-OH is 1. The van der Waals surface area contributed by atoms with E-state index < -0.39 is 0 Å². The number of hydrogen-bond acceptors (Lipinski definition) is 4. The van der Waals surface area contributed by atoms with Gasteiger partial charge < -0.3 is 19.6 Å². The fourth-order valence-corrected chi connectivity index (χ4v) is 2.34. The van der Waals surface area contributed by atoms with Gasteiger partial charge in [0.15, 0.2) is 0 Å². The van der Waals surface area contributed by atoms with Crippen molar-refractivity contribution in [2.75, 3.05) is 53.6 Å². The van der Waals surface area contributed by atoms with E-state index in [0.29, 0.717) is 19.8 Å². The van der Waals surface area contributed by atoms with Gasteiger partial charge in [-0.3, -0.25) is 4.90 Å². The molecule has 0 radical (unpaired) electrons. The molecule has 1 unspecified atom stereocenters. The van der Waals surface area contributed by atoms with Crippen molar-refractivity contribution in [3.8, 4) is 0 Å². The van der Waals surface area contributed by atoms with Crippen LogP contribution in [-0.4, -0.2) is 91.0 Å². The summed E-state index contributed by atoms with van der Waals surface area (Å²) in [4.78, 5) is 17.9. The van der Waals surface area contributed by atoms with Crippen molar-refractivity contribution < 1.29 is 14.6 Å². The number of morpholine rings is 1. The summed E-state index contributed by atoms with van der Waals surface area (Å²) in [5.74, 6) is 0. The third-order valence-corrected chi connectivity index (χ3v) is 3.59. The zero-order chi connectivity index (χ0) is 15.3. The van der Waals surface area contributed by atoms with Crippen molar-refractivity contribution in [2.24, 2.45) is 0 Å². The van der Waals surface area contributed by atoms with Gasteiger partial charge in [0.05, 0.1) is 25.9 Å². The predicted octanol–water partition coefficient (Wildman–Crippen LogP) is 0.462. The quantitative estimate of drug-likeness (QED) is 0.816. The highest BCUT2D eigenvalue weighted by atomic mass is 16.5. The molecule has 0 aromatic heterocycles. The molecule has 1 aliphatic rings. The molecule has 20 heavy (non-hydrogen) atoms. The monoisotopic (exact) mass is 287 g/mol. The summed E-state index contributed by atoms with van der Waals surface area (Å²) < 4.78 is 5.37. The van der Waals surface area contributed by atoms with Crippen LogP contribution in [0.15, 0.2) is 0 Å². The Kier molecular flexibility index (Phi) is 6.23. The summed E-state index contributed by atoms with van der Waals surface area (Å²) in [5, 5.41) is 9.37. The van der Waals surface area contributed by atoms with Crippen LogP contribution >= 0.6 is 0 Å². The maximum Gasteiger partial charge on any atom is 0.319 e. The lowest BCUT2D eigenvalue weighted by molar-refractivity contribution is -0.0315. The fraction of sp³-hybridized carbons (Fsp3) is 0.929. The first-order valence-corrected chi connectivity index (χ1v) is 7.19. The second-order valence-corrected chi connectivity index (χ2v) is 6.45. The molecule has 0 aromatic carbocycles. The Morgan fingerprint density at radius 3 is 2.55 bits per heavy atom. The first-order chi connectivity index (χ1) is 9.27. The zero-order valence-corrected chi connectivity index (χ0v) is 13.4. The highest BCUT2D eigenvalue weighted by Crippen LogP contribution is 2.16. The molecule has 0 spiro atoms. The summed E-state index contributed by atoms with van der Waals surface area (Å²) in [6, 6.07) is 0.0614. The van der Waals surface area contributed by atoms with E-state index in [0.717, 1.165) is 13.1 Å². The van der Waals surface area contributed by atoms with Gasteiger partial charge >= 0.3 is 6.03 Å². The number of urea groups is 1. The van der Waals surface area contributed by atoms with Gasteiger partial charge in [0.2, 0.25) is 0 Å². The number of aliphatic hydroxyl groups is 1. The molecule has 1 fully saturated rings. The second kappa shape index (κ2) is 7.24. The maximum atomic E-state index is 12.3. The molecular formula is C14H29N3O3. The van der Waals surface area contributed by atoms with Gasteiger partial charge in [-0.1, -0.05) is 0 Å². The van der Waals surface area contributed by atoms with Crippen molar-refractivity contribution >= 4 is 6.03 Å². The van der Waals surface area contributed by atoms with E-state index in [-0.39, 0.29) is 24.2 Å². The highest BCUT2D eigenvalue weighted by molar-refractivity contribution is 5.74. The van der Waals surface area contributed by atoms with Crippen LogP contribution in [0.3, 0.4) is 0 Å². The van der Waals surface area contributed by atoms with E-state index in [1.807, 2.05) is 25.7 Å². The van der Waals surface area contributed by atoms with Crippen LogP contribution in [0.5, 0.6) is 0 Å². The third-order valence-electron chi connectivity index (χ3n) is 3.59. The Labute approximate surface area is 122 Å². The Hall–Kier alpha value is -0.850. The summed E-state index contributed by atoms with van der Waals surface area (Å²) >= 11 is 0. The maximum absolute atomic E-state index is 12.3. The summed E-state index contributed by atoms with van der Waals surface area (Å²) in [5.41, 5.74) is -0.220. The third kappa shape index (κ3) is 4.61. The lowest BCUT2D eigenvalue weighted by atomic mass is 10.1. The number of ether oxygens (including phenoxy) is 1. The molecule has 0 aliphatic carbocycles. The summed E-state index contributed by atoms with van der Waals surface area (Å²) in [6.07, 6.45) is 0. The average Bonchev–Trinajstić information content (AvgIpc) is 2.37. The largest absolute Gasteiger partial charge is 0.395 e. The van der Waals surface area contributed by atoms with E-state index in [2.05, 4.69) is 4.90 Å². The number of carbonyl (C=O) groups excluding carboxylic acids is 1. The van der Waals surface area contributed by atoms with Crippen molar-refractivity contribution in [1.29, 1.82) is 0 Å². The Bertz CT molecular complexity index is 315. The molecule has 1 atom stereocenters. The van der Waals surface area contributed by atoms with Crippen LogP contribution in [0, 0.1) is 0 Å². The highest BCUT2D eigenvalue weighted by Gasteiger charge is 2.29. The minimum Gasteiger partial charge on any atom is -0.395 e. The first kappa shape index (κ1) is 17.2. The molecule has 0 aromatic rings. The lowest BCUT2D eigenvalue weighted by Gasteiger charge is -2.40. The Morgan fingerprint density at radius 1 is 1.40 bits per heavy atom. The van der Waals surface area contributed by atoms with Gasteiger partial charge in [-0.25, -0.2) is 4.79 Å². The van der Waals surface area contributed by atoms with Crippen LogP contribution < -0.4 is 0 Å². The molecular weight excluding hydrogens is 258 g/mol. The van der Waals surface area contributed by atoms with Crippen molar-refractivity contribution in [1.82, 2.24) is 14.7 Å². The smallest absolute Gasteiger partial charge is 0.319 e. The topological polar surface area (TPSA) is 56.3 Å². The van der Waals surface area contributed by atoms with E-state index >= 15 is 0 Å². The number of carbonyl (C=O) groups is 1. The molecule has 6 nitrogen and oxygen atoms in total. The van der Waals surface area contributed by atoms with Gasteiger partial charge in [-0.05, 0) is 20.8 Å². The van der Waals surface area contributed by atoms with Crippen molar-refractivity contribution in [2.45, 2.75) is 32.4 Å². The summed E-state index contributed by atoms with van der Waals surface area (Å²) in [6.45, 7) is 9.67. The minimum absolute atomic E-state index is 0.0197. The van der Waals surface area contributed by atoms with Crippen LogP contribution in [-0.2, 0) is 4.74 Å². The molecule has 0 saturated carbocycles. The molecule has 1 aliphatic heterocycles. The lowest BCUT2D eigenvalue weighted by Crippen LogP contribution is -2.55. The summed E-state index contributed by atoms with van der Waals surface area (Å²) in [7, 11) is 3.54. The SMILES string of the molecule is CN(C)C(=O)N(CCN1CCOCC1CO)C(C)(C)C. The van der Waals surface area contributed by atoms with Gasteiger partial charge in [0.1, 0.15) is 0 Å².